The predicted molar refractivity (Wildman–Crippen MR) is 170 cm³/mol. The molecule has 0 radical (unpaired) electrons. The van der Waals surface area contributed by atoms with E-state index in [2.05, 4.69) is 52.0 Å². The quantitative estimate of drug-likeness (QED) is 0.199. The highest BCUT2D eigenvalue weighted by molar-refractivity contribution is 6.04. The van der Waals surface area contributed by atoms with E-state index in [1.807, 2.05) is 50.2 Å². The van der Waals surface area contributed by atoms with Crippen LogP contribution in [0.25, 0.3) is 10.8 Å². The van der Waals surface area contributed by atoms with Crippen LogP contribution < -0.4 is 0 Å². The van der Waals surface area contributed by atoms with Crippen LogP contribution in [0.1, 0.15) is 73.9 Å². The lowest BCUT2D eigenvalue weighted by Gasteiger charge is -2.11. The summed E-state index contributed by atoms with van der Waals surface area (Å²) in [5.41, 5.74) is 7.12. The second-order valence-corrected chi connectivity index (χ2v) is 11.7. The average molecular weight is 535 g/mol. The second kappa shape index (κ2) is 13.0. The smallest absolute Gasteiger partial charge is 0.127 e. The zero-order chi connectivity index (χ0) is 28.8. The molecule has 4 rings (SSSR count). The summed E-state index contributed by atoms with van der Waals surface area (Å²) in [6.07, 6.45) is 7.64. The molecule has 0 atom stereocenters. The Balaban J connectivity index is 1.71. The van der Waals surface area contributed by atoms with Crippen LogP contribution in [0.3, 0.4) is 0 Å². The molecule has 0 aromatic heterocycles. The normalized spacial score (nSPS) is 12.1. The van der Waals surface area contributed by atoms with E-state index in [0.717, 1.165) is 70.1 Å². The lowest BCUT2D eigenvalue weighted by Crippen LogP contribution is -1.96. The minimum absolute atomic E-state index is 0.263. The van der Waals surface area contributed by atoms with E-state index in [9.17, 15) is 10.2 Å². The Bertz CT molecular complexity index is 1430. The number of rotatable bonds is 10. The largest absolute Gasteiger partial charge is 0.507 e. The van der Waals surface area contributed by atoms with Gasteiger partial charge in [0.2, 0.25) is 0 Å². The van der Waals surface area contributed by atoms with Gasteiger partial charge in [0.15, 0.2) is 0 Å². The van der Waals surface area contributed by atoms with E-state index in [1.165, 1.54) is 11.1 Å². The van der Waals surface area contributed by atoms with Crippen LogP contribution in [0.2, 0.25) is 0 Å². The first kappa shape index (κ1) is 29.1. The minimum atomic E-state index is 0.263. The molecule has 0 heterocycles. The number of phenolic OH excluding ortho intramolecular Hbond substituents is 2. The first-order valence-corrected chi connectivity index (χ1v) is 14.4. The molecule has 4 aromatic carbocycles. The molecule has 0 aliphatic rings. The summed E-state index contributed by atoms with van der Waals surface area (Å²) in [5.74, 6) is 1.76. The highest BCUT2D eigenvalue weighted by atomic mass is 16.3. The number of nitrogens with zero attached hydrogens (tertiary/aromatic N) is 2. The molecule has 0 saturated carbocycles. The predicted octanol–water partition coefficient (Wildman–Crippen LogP) is 9.55. The second-order valence-electron chi connectivity index (χ2n) is 11.7. The van der Waals surface area contributed by atoms with Gasteiger partial charge in [0, 0.05) is 28.9 Å². The van der Waals surface area contributed by atoms with Crippen LogP contribution in [-0.4, -0.2) is 22.6 Å². The van der Waals surface area contributed by atoms with Crippen LogP contribution >= 0.6 is 0 Å². The third-order valence-corrected chi connectivity index (χ3v) is 7.35. The van der Waals surface area contributed by atoms with Crippen LogP contribution in [0, 0.1) is 25.7 Å². The van der Waals surface area contributed by atoms with Crippen molar-refractivity contribution in [2.75, 3.05) is 0 Å². The fraction of sp³-hybridized carbons (Fsp3) is 0.333. The number of hydrogen-bond acceptors (Lipinski definition) is 4. The molecule has 208 valence electrons. The number of hydrogen-bond donors (Lipinski definition) is 2. The van der Waals surface area contributed by atoms with Gasteiger partial charge in [-0.15, -0.1) is 0 Å². The number of benzene rings is 4. The van der Waals surface area contributed by atoms with E-state index in [0.29, 0.717) is 11.8 Å². The van der Waals surface area contributed by atoms with E-state index >= 15 is 0 Å². The fourth-order valence-electron chi connectivity index (χ4n) is 4.96. The van der Waals surface area contributed by atoms with Gasteiger partial charge in [-0.2, -0.15) is 0 Å². The first-order valence-electron chi connectivity index (χ1n) is 14.4. The standard InChI is InChI=1S/C36H42N2O2/c1-23(2)13-15-27-17-25(5)35(39)30(19-27)21-37-32-11-7-9-29-10-8-12-33(34(29)32)38-22-31-20-28(16-14-24(3)4)18-26(6)36(31)40/h7-12,17-24,39-40H,13-16H2,1-6H3. The molecular formula is C36H42N2O2. The maximum Gasteiger partial charge on any atom is 0.127 e. The Morgan fingerprint density at radius 2 is 1.07 bits per heavy atom. The van der Waals surface area contributed by atoms with Crippen LogP contribution in [0.15, 0.2) is 70.6 Å². The highest BCUT2D eigenvalue weighted by Crippen LogP contribution is 2.35. The number of fused-ring (bicyclic) bond motifs is 1. The summed E-state index contributed by atoms with van der Waals surface area (Å²) >= 11 is 0. The van der Waals surface area contributed by atoms with Crippen molar-refractivity contribution in [1.29, 1.82) is 0 Å². The molecule has 0 spiro atoms. The van der Waals surface area contributed by atoms with Gasteiger partial charge in [0.05, 0.1) is 11.4 Å². The fourth-order valence-corrected chi connectivity index (χ4v) is 4.96. The van der Waals surface area contributed by atoms with Crippen molar-refractivity contribution in [2.45, 2.75) is 67.2 Å². The van der Waals surface area contributed by atoms with Gasteiger partial charge in [-0.3, -0.25) is 9.98 Å². The molecule has 0 saturated heterocycles. The number of aryl methyl sites for hydroxylation is 4. The van der Waals surface area contributed by atoms with Crippen molar-refractivity contribution >= 4 is 34.6 Å². The molecule has 40 heavy (non-hydrogen) atoms. The molecule has 4 aromatic rings. The highest BCUT2D eigenvalue weighted by Gasteiger charge is 2.10. The van der Waals surface area contributed by atoms with Gasteiger partial charge in [0.25, 0.3) is 0 Å². The minimum Gasteiger partial charge on any atom is -0.507 e. The van der Waals surface area contributed by atoms with Crippen molar-refractivity contribution in [1.82, 2.24) is 0 Å². The summed E-state index contributed by atoms with van der Waals surface area (Å²) < 4.78 is 0. The van der Waals surface area contributed by atoms with Gasteiger partial charge in [-0.25, -0.2) is 0 Å². The van der Waals surface area contributed by atoms with Crippen molar-refractivity contribution < 1.29 is 10.2 Å². The Hall–Kier alpha value is -3.92. The molecule has 2 N–H and O–H groups in total. The van der Waals surface area contributed by atoms with Crippen molar-refractivity contribution in [2.24, 2.45) is 21.8 Å². The molecule has 0 aliphatic carbocycles. The zero-order valence-corrected chi connectivity index (χ0v) is 24.7. The van der Waals surface area contributed by atoms with Crippen molar-refractivity contribution in [3.8, 4) is 11.5 Å². The number of aromatic hydroxyl groups is 2. The van der Waals surface area contributed by atoms with Gasteiger partial charge < -0.3 is 10.2 Å². The van der Waals surface area contributed by atoms with E-state index in [1.54, 1.807) is 12.4 Å². The summed E-state index contributed by atoms with van der Waals surface area (Å²) in [6, 6.07) is 20.2. The average Bonchev–Trinajstić information content (AvgIpc) is 2.92. The molecule has 4 nitrogen and oxygen atoms in total. The number of phenols is 2. The van der Waals surface area contributed by atoms with Crippen molar-refractivity contribution in [3.05, 3.63) is 94.0 Å². The van der Waals surface area contributed by atoms with Gasteiger partial charge >= 0.3 is 0 Å². The summed E-state index contributed by atoms with van der Waals surface area (Å²) in [6.45, 7) is 12.8. The van der Waals surface area contributed by atoms with Crippen LogP contribution in [0.4, 0.5) is 11.4 Å². The topological polar surface area (TPSA) is 65.2 Å². The lowest BCUT2D eigenvalue weighted by atomic mass is 9.98. The number of aliphatic imine (C=N–C) groups is 2. The molecular weight excluding hydrogens is 492 g/mol. The maximum absolute atomic E-state index is 10.8. The van der Waals surface area contributed by atoms with E-state index < -0.39 is 0 Å². The summed E-state index contributed by atoms with van der Waals surface area (Å²) in [7, 11) is 0. The van der Waals surface area contributed by atoms with Crippen LogP contribution in [-0.2, 0) is 12.8 Å². The van der Waals surface area contributed by atoms with E-state index in [4.69, 9.17) is 9.98 Å². The van der Waals surface area contributed by atoms with E-state index in [-0.39, 0.29) is 11.5 Å². The maximum atomic E-state index is 10.8. The SMILES string of the molecule is Cc1cc(CCC(C)C)cc(C=Nc2cccc3cccc(N=Cc4cc(CCC(C)C)cc(C)c4O)c23)c1O. The van der Waals surface area contributed by atoms with Gasteiger partial charge in [0.1, 0.15) is 11.5 Å². The summed E-state index contributed by atoms with van der Waals surface area (Å²) in [4.78, 5) is 9.67. The van der Waals surface area contributed by atoms with Gasteiger partial charge in [-0.05, 0) is 103 Å². The van der Waals surface area contributed by atoms with Crippen molar-refractivity contribution in [3.63, 3.8) is 0 Å². The third-order valence-electron chi connectivity index (χ3n) is 7.35. The van der Waals surface area contributed by atoms with Gasteiger partial charge in [-0.1, -0.05) is 64.1 Å². The molecule has 0 unspecified atom stereocenters. The third kappa shape index (κ3) is 7.18. The molecule has 0 bridgehead atoms. The Morgan fingerprint density at radius 3 is 1.48 bits per heavy atom. The monoisotopic (exact) mass is 534 g/mol. The molecule has 0 fully saturated rings. The molecule has 0 aliphatic heterocycles. The summed E-state index contributed by atoms with van der Waals surface area (Å²) in [5, 5.41) is 23.5. The first-order chi connectivity index (χ1) is 19.1. The molecule has 0 amide bonds. The Kier molecular flexibility index (Phi) is 9.42. The zero-order valence-electron chi connectivity index (χ0n) is 24.7. The van der Waals surface area contributed by atoms with Crippen LogP contribution in [0.5, 0.6) is 11.5 Å². The Labute approximate surface area is 239 Å². The Morgan fingerprint density at radius 1 is 0.650 bits per heavy atom. The lowest BCUT2D eigenvalue weighted by molar-refractivity contribution is 0.469. The molecule has 4 heteroatoms.